The predicted molar refractivity (Wildman–Crippen MR) is 121 cm³/mol. The Kier molecular flexibility index (Phi) is 17.1. The van der Waals surface area contributed by atoms with Gasteiger partial charge in [0.2, 0.25) is 0 Å². The average Bonchev–Trinajstić information content (AvgIpc) is 2.68. The first-order valence-corrected chi connectivity index (χ1v) is 12.1. The number of hydrogen-bond acceptors (Lipinski definition) is 4. The summed E-state index contributed by atoms with van der Waals surface area (Å²) in [5.41, 5.74) is 0. The van der Waals surface area contributed by atoms with Crippen molar-refractivity contribution in [2.24, 2.45) is 23.7 Å². The highest BCUT2D eigenvalue weighted by Crippen LogP contribution is 2.27. The molecule has 4 nitrogen and oxygen atoms in total. The maximum absolute atomic E-state index is 12.4. The molecule has 0 aromatic rings. The minimum absolute atomic E-state index is 0.0000269. The number of unbranched alkanes of at least 4 members (excludes halogenated alkanes) is 6. The van der Waals surface area contributed by atoms with Gasteiger partial charge in [-0.3, -0.25) is 9.59 Å². The molecule has 0 saturated carbocycles. The van der Waals surface area contributed by atoms with E-state index in [2.05, 4.69) is 41.5 Å². The van der Waals surface area contributed by atoms with Gasteiger partial charge in [0.25, 0.3) is 0 Å². The summed E-state index contributed by atoms with van der Waals surface area (Å²) in [6, 6.07) is 0. The normalized spacial score (nSPS) is 13.5. The number of carbonyl (C=O) groups excluding carboxylic acids is 2. The van der Waals surface area contributed by atoms with E-state index in [0.29, 0.717) is 37.4 Å². The summed E-state index contributed by atoms with van der Waals surface area (Å²) in [6.45, 7) is 13.6. The van der Waals surface area contributed by atoms with E-state index in [4.69, 9.17) is 9.47 Å². The van der Waals surface area contributed by atoms with Gasteiger partial charge in [0.05, 0.1) is 19.1 Å². The first kappa shape index (κ1) is 27.9. The van der Waals surface area contributed by atoms with Crippen LogP contribution in [-0.4, -0.2) is 25.2 Å². The maximum Gasteiger partial charge on any atom is 0.309 e. The van der Waals surface area contributed by atoms with E-state index in [-0.39, 0.29) is 17.9 Å². The monoisotopic (exact) mass is 412 g/mol. The number of esters is 2. The molecule has 0 amide bonds. The van der Waals surface area contributed by atoms with Crippen LogP contribution >= 0.6 is 0 Å². The van der Waals surface area contributed by atoms with Crippen LogP contribution in [0.1, 0.15) is 112 Å². The molecule has 0 aliphatic carbocycles. The second kappa shape index (κ2) is 17.8. The third kappa shape index (κ3) is 15.4. The Hall–Kier alpha value is -1.06. The van der Waals surface area contributed by atoms with Crippen molar-refractivity contribution in [2.75, 3.05) is 13.2 Å². The molecule has 29 heavy (non-hydrogen) atoms. The molecule has 0 fully saturated rings. The summed E-state index contributed by atoms with van der Waals surface area (Å²) in [5, 5.41) is 0. The largest absolute Gasteiger partial charge is 0.465 e. The van der Waals surface area contributed by atoms with Gasteiger partial charge in [0.1, 0.15) is 0 Å². The quantitative estimate of drug-likeness (QED) is 0.180. The van der Waals surface area contributed by atoms with Crippen molar-refractivity contribution < 1.29 is 19.1 Å². The van der Waals surface area contributed by atoms with Crippen LogP contribution in [0.15, 0.2) is 0 Å². The van der Waals surface area contributed by atoms with Crippen molar-refractivity contribution in [3.05, 3.63) is 0 Å². The molecule has 0 spiro atoms. The summed E-state index contributed by atoms with van der Waals surface area (Å²) < 4.78 is 10.7. The third-order valence-electron chi connectivity index (χ3n) is 5.43. The summed E-state index contributed by atoms with van der Waals surface area (Å²) >= 11 is 0. The molecular formula is C25H48O4. The highest BCUT2D eigenvalue weighted by Gasteiger charge is 2.26. The van der Waals surface area contributed by atoms with E-state index in [0.717, 1.165) is 32.1 Å². The van der Waals surface area contributed by atoms with Crippen molar-refractivity contribution >= 4 is 11.9 Å². The minimum atomic E-state index is -0.0540. The molecule has 0 aromatic heterocycles. The summed E-state index contributed by atoms with van der Waals surface area (Å²) in [6.07, 6.45) is 11.7. The van der Waals surface area contributed by atoms with E-state index in [1.165, 1.54) is 32.1 Å². The predicted octanol–water partition coefficient (Wildman–Crippen LogP) is 6.95. The molecule has 0 radical (unpaired) electrons. The zero-order valence-electron chi connectivity index (χ0n) is 20.1. The highest BCUT2D eigenvalue weighted by atomic mass is 16.5. The first-order valence-electron chi connectivity index (χ1n) is 12.1. The number of carbonyl (C=O) groups is 2. The van der Waals surface area contributed by atoms with E-state index in [1.54, 1.807) is 0 Å². The van der Waals surface area contributed by atoms with Crippen molar-refractivity contribution in [2.45, 2.75) is 112 Å². The second-order valence-corrected chi connectivity index (χ2v) is 9.30. The van der Waals surface area contributed by atoms with E-state index in [1.807, 2.05) is 0 Å². The molecule has 0 saturated heterocycles. The Morgan fingerprint density at radius 1 is 0.690 bits per heavy atom. The second-order valence-electron chi connectivity index (χ2n) is 9.30. The van der Waals surface area contributed by atoms with Crippen LogP contribution in [0.4, 0.5) is 0 Å². The van der Waals surface area contributed by atoms with Crippen LogP contribution in [0.3, 0.4) is 0 Å². The fourth-order valence-corrected chi connectivity index (χ4v) is 3.63. The Balaban J connectivity index is 3.82. The highest BCUT2D eigenvalue weighted by molar-refractivity contribution is 5.72. The molecule has 172 valence electrons. The van der Waals surface area contributed by atoms with Crippen LogP contribution in [-0.2, 0) is 19.1 Å². The molecule has 0 aliphatic rings. The van der Waals surface area contributed by atoms with Crippen molar-refractivity contribution in [1.82, 2.24) is 0 Å². The Morgan fingerprint density at radius 3 is 1.72 bits per heavy atom. The number of rotatable bonds is 18. The summed E-state index contributed by atoms with van der Waals surface area (Å²) in [7, 11) is 0. The summed E-state index contributed by atoms with van der Waals surface area (Å²) in [4.78, 5) is 23.9. The summed E-state index contributed by atoms with van der Waals surface area (Å²) in [5.74, 6) is 1.24. The van der Waals surface area contributed by atoms with Crippen molar-refractivity contribution in [1.29, 1.82) is 0 Å². The van der Waals surface area contributed by atoms with E-state index < -0.39 is 0 Å². The van der Waals surface area contributed by atoms with Crippen molar-refractivity contribution in [3.8, 4) is 0 Å². The molecule has 0 heterocycles. The Bertz CT molecular complexity index is 417. The molecule has 2 unspecified atom stereocenters. The van der Waals surface area contributed by atoms with Crippen LogP contribution in [0.2, 0.25) is 0 Å². The van der Waals surface area contributed by atoms with Gasteiger partial charge in [-0.15, -0.1) is 0 Å². The SMILES string of the molecule is CCC(CCCCCCCCCC(=O)OCC(C)C)C(CC)C(=O)OCC(C)C. The minimum Gasteiger partial charge on any atom is -0.465 e. The standard InChI is InChI=1S/C25H48O4/c1-7-22(23(8-2)25(27)29-19-21(5)6)16-14-12-10-9-11-13-15-17-24(26)28-18-20(3)4/h20-23H,7-19H2,1-6H3. The van der Waals surface area contributed by atoms with Crippen LogP contribution in [0, 0.1) is 23.7 Å². The van der Waals surface area contributed by atoms with Crippen LogP contribution in [0.5, 0.6) is 0 Å². The molecule has 0 rings (SSSR count). The zero-order valence-corrected chi connectivity index (χ0v) is 20.1. The smallest absolute Gasteiger partial charge is 0.309 e. The van der Waals surface area contributed by atoms with Gasteiger partial charge in [0.15, 0.2) is 0 Å². The van der Waals surface area contributed by atoms with Gasteiger partial charge in [-0.25, -0.2) is 0 Å². The van der Waals surface area contributed by atoms with E-state index in [9.17, 15) is 9.59 Å². The number of ether oxygens (including phenoxy) is 2. The van der Waals surface area contributed by atoms with Crippen LogP contribution in [0.25, 0.3) is 0 Å². The maximum atomic E-state index is 12.4. The topological polar surface area (TPSA) is 52.6 Å². The molecule has 4 heteroatoms. The molecule has 0 bridgehead atoms. The zero-order chi connectivity index (χ0) is 22.1. The molecular weight excluding hydrogens is 364 g/mol. The fraction of sp³-hybridized carbons (Fsp3) is 0.920. The van der Waals surface area contributed by atoms with E-state index >= 15 is 0 Å². The first-order chi connectivity index (χ1) is 13.8. The third-order valence-corrected chi connectivity index (χ3v) is 5.43. The van der Waals surface area contributed by atoms with Gasteiger partial charge in [-0.1, -0.05) is 86.5 Å². The van der Waals surface area contributed by atoms with Gasteiger partial charge in [-0.05, 0) is 37.0 Å². The lowest BCUT2D eigenvalue weighted by Gasteiger charge is -2.24. The van der Waals surface area contributed by atoms with Gasteiger partial charge in [0, 0.05) is 6.42 Å². The Labute approximate surface area is 180 Å². The lowest BCUT2D eigenvalue weighted by atomic mass is 9.84. The fourth-order valence-electron chi connectivity index (χ4n) is 3.63. The Morgan fingerprint density at radius 2 is 1.21 bits per heavy atom. The van der Waals surface area contributed by atoms with Crippen molar-refractivity contribution in [3.63, 3.8) is 0 Å². The molecule has 0 N–H and O–H groups in total. The molecule has 2 atom stereocenters. The molecule has 0 aliphatic heterocycles. The van der Waals surface area contributed by atoms with Gasteiger partial charge < -0.3 is 9.47 Å². The van der Waals surface area contributed by atoms with Gasteiger partial charge >= 0.3 is 11.9 Å². The lowest BCUT2D eigenvalue weighted by Crippen LogP contribution is -2.26. The van der Waals surface area contributed by atoms with Gasteiger partial charge in [-0.2, -0.15) is 0 Å². The number of hydrogen-bond donors (Lipinski definition) is 0. The lowest BCUT2D eigenvalue weighted by molar-refractivity contribution is -0.152. The average molecular weight is 413 g/mol. The molecule has 0 aromatic carbocycles. The van der Waals surface area contributed by atoms with Crippen LogP contribution < -0.4 is 0 Å².